The van der Waals surface area contributed by atoms with E-state index in [1.807, 2.05) is 0 Å². The van der Waals surface area contributed by atoms with E-state index in [2.05, 4.69) is 30.0 Å². The van der Waals surface area contributed by atoms with Crippen molar-refractivity contribution in [2.24, 2.45) is 5.92 Å². The summed E-state index contributed by atoms with van der Waals surface area (Å²) in [5.74, 6) is 1.56. The van der Waals surface area contributed by atoms with Gasteiger partial charge in [-0.15, -0.1) is 11.6 Å². The quantitative estimate of drug-likeness (QED) is 0.696. The fraction of sp³-hybridized carbons (Fsp3) is 0.647. The van der Waals surface area contributed by atoms with E-state index in [1.54, 1.807) is 0 Å². The Bertz CT molecular complexity index is 441. The van der Waals surface area contributed by atoms with Gasteiger partial charge in [0.1, 0.15) is 0 Å². The van der Waals surface area contributed by atoms with Crippen molar-refractivity contribution in [2.75, 3.05) is 11.4 Å². The second kappa shape index (κ2) is 5.75. The number of hydrogen-bond donors (Lipinski definition) is 0. The predicted octanol–water partition coefficient (Wildman–Crippen LogP) is 4.89. The number of alkyl halides is 1. The van der Waals surface area contributed by atoms with Gasteiger partial charge in [0.25, 0.3) is 0 Å². The molecule has 0 amide bonds. The third-order valence-corrected chi connectivity index (χ3v) is 5.28. The molecule has 2 aliphatic rings. The molecule has 1 aliphatic heterocycles. The molecule has 0 spiro atoms. The lowest BCUT2D eigenvalue weighted by molar-refractivity contribution is 0.243. The Balaban J connectivity index is 1.87. The normalized spacial score (nSPS) is 27.2. The molecular weight excluding hydrogens is 254 g/mol. The van der Waals surface area contributed by atoms with E-state index in [-0.39, 0.29) is 0 Å². The van der Waals surface area contributed by atoms with Crippen LogP contribution in [0.15, 0.2) is 18.2 Å². The second-order valence-electron chi connectivity index (χ2n) is 6.20. The van der Waals surface area contributed by atoms with E-state index in [9.17, 15) is 0 Å². The van der Waals surface area contributed by atoms with Crippen molar-refractivity contribution < 1.29 is 0 Å². The molecule has 0 aromatic heterocycles. The van der Waals surface area contributed by atoms with Gasteiger partial charge in [-0.3, -0.25) is 0 Å². The molecule has 1 aromatic rings. The molecule has 1 saturated carbocycles. The van der Waals surface area contributed by atoms with Crippen molar-refractivity contribution >= 4 is 17.3 Å². The van der Waals surface area contributed by atoms with Crippen molar-refractivity contribution in [3.8, 4) is 0 Å². The maximum atomic E-state index is 5.93. The summed E-state index contributed by atoms with van der Waals surface area (Å²) in [7, 11) is 0. The molecule has 2 fully saturated rings. The smallest absolute Gasteiger partial charge is 0.0474 e. The molecule has 1 aromatic carbocycles. The van der Waals surface area contributed by atoms with Gasteiger partial charge in [0, 0.05) is 24.2 Å². The highest BCUT2D eigenvalue weighted by Crippen LogP contribution is 2.38. The van der Waals surface area contributed by atoms with Crippen LogP contribution in [0.1, 0.15) is 49.7 Å². The minimum absolute atomic E-state index is 0.618. The standard InChI is InChI=1S/C17H24ClN/c1-13-11-14(12-18)8-9-16(13)19-10-4-6-15-5-2-3-7-17(15)19/h8-9,11,15,17H,2-7,10,12H2,1H3/t15-,17-/m1/s1. The number of rotatable bonds is 2. The lowest BCUT2D eigenvalue weighted by Gasteiger charge is -2.46. The average molecular weight is 278 g/mol. The van der Waals surface area contributed by atoms with Gasteiger partial charge < -0.3 is 4.90 Å². The molecule has 1 aliphatic carbocycles. The summed E-state index contributed by atoms with van der Waals surface area (Å²) in [6, 6.07) is 7.55. The number of halogens is 1. The maximum absolute atomic E-state index is 5.93. The molecular formula is C17H24ClN. The lowest BCUT2D eigenvalue weighted by atomic mass is 9.78. The Morgan fingerprint density at radius 3 is 2.74 bits per heavy atom. The van der Waals surface area contributed by atoms with Crippen molar-refractivity contribution in [1.29, 1.82) is 0 Å². The minimum atomic E-state index is 0.618. The van der Waals surface area contributed by atoms with Crippen LogP contribution in [-0.2, 0) is 5.88 Å². The summed E-state index contributed by atoms with van der Waals surface area (Å²) >= 11 is 5.93. The van der Waals surface area contributed by atoms with Crippen LogP contribution in [-0.4, -0.2) is 12.6 Å². The number of benzene rings is 1. The topological polar surface area (TPSA) is 3.24 Å². The third-order valence-electron chi connectivity index (χ3n) is 4.97. The van der Waals surface area contributed by atoms with E-state index in [4.69, 9.17) is 11.6 Å². The van der Waals surface area contributed by atoms with Gasteiger partial charge >= 0.3 is 0 Å². The van der Waals surface area contributed by atoms with Gasteiger partial charge in [-0.2, -0.15) is 0 Å². The van der Waals surface area contributed by atoms with Crippen molar-refractivity contribution in [1.82, 2.24) is 0 Å². The molecule has 19 heavy (non-hydrogen) atoms. The molecule has 1 saturated heterocycles. The zero-order valence-corrected chi connectivity index (χ0v) is 12.6. The Morgan fingerprint density at radius 2 is 1.95 bits per heavy atom. The fourth-order valence-corrected chi connectivity index (χ4v) is 4.21. The van der Waals surface area contributed by atoms with Crippen LogP contribution in [0, 0.1) is 12.8 Å². The molecule has 0 unspecified atom stereocenters. The molecule has 0 N–H and O–H groups in total. The second-order valence-corrected chi connectivity index (χ2v) is 6.47. The minimum Gasteiger partial charge on any atom is -0.368 e. The van der Waals surface area contributed by atoms with E-state index < -0.39 is 0 Å². The highest BCUT2D eigenvalue weighted by atomic mass is 35.5. The summed E-state index contributed by atoms with van der Waals surface area (Å²) in [6.45, 7) is 3.47. The zero-order valence-electron chi connectivity index (χ0n) is 11.9. The molecule has 2 atom stereocenters. The number of anilines is 1. The van der Waals surface area contributed by atoms with Crippen LogP contribution in [0.5, 0.6) is 0 Å². The van der Waals surface area contributed by atoms with E-state index in [0.29, 0.717) is 5.88 Å². The largest absolute Gasteiger partial charge is 0.368 e. The van der Waals surface area contributed by atoms with Crippen molar-refractivity contribution in [3.63, 3.8) is 0 Å². The first-order valence-electron chi connectivity index (χ1n) is 7.71. The van der Waals surface area contributed by atoms with Crippen LogP contribution < -0.4 is 4.90 Å². The Morgan fingerprint density at radius 1 is 1.16 bits per heavy atom. The van der Waals surface area contributed by atoms with Crippen LogP contribution in [0.3, 0.4) is 0 Å². The van der Waals surface area contributed by atoms with Crippen LogP contribution in [0.4, 0.5) is 5.69 Å². The van der Waals surface area contributed by atoms with Gasteiger partial charge in [0.05, 0.1) is 0 Å². The molecule has 3 rings (SSSR count). The van der Waals surface area contributed by atoms with Gasteiger partial charge in [-0.1, -0.05) is 25.0 Å². The van der Waals surface area contributed by atoms with Crippen molar-refractivity contribution in [3.05, 3.63) is 29.3 Å². The highest BCUT2D eigenvalue weighted by Gasteiger charge is 2.33. The molecule has 104 valence electrons. The molecule has 1 heterocycles. The Labute approximate surface area is 121 Å². The Hall–Kier alpha value is -0.690. The van der Waals surface area contributed by atoms with E-state index >= 15 is 0 Å². The van der Waals surface area contributed by atoms with Gasteiger partial charge in [0.2, 0.25) is 0 Å². The summed E-state index contributed by atoms with van der Waals surface area (Å²) in [5, 5.41) is 0. The van der Waals surface area contributed by atoms with Crippen LogP contribution in [0.25, 0.3) is 0 Å². The molecule has 2 heteroatoms. The average Bonchev–Trinajstić information content (AvgIpc) is 2.46. The lowest BCUT2D eigenvalue weighted by Crippen LogP contribution is -2.47. The maximum Gasteiger partial charge on any atom is 0.0474 e. The summed E-state index contributed by atoms with van der Waals surface area (Å²) < 4.78 is 0. The SMILES string of the molecule is Cc1cc(CCl)ccc1N1CCC[C@H]2CCCC[C@H]21. The van der Waals surface area contributed by atoms with Crippen LogP contribution in [0.2, 0.25) is 0 Å². The van der Waals surface area contributed by atoms with Gasteiger partial charge in [-0.25, -0.2) is 0 Å². The number of aryl methyl sites for hydroxylation is 1. The number of nitrogens with zero attached hydrogens (tertiary/aromatic N) is 1. The number of hydrogen-bond acceptors (Lipinski definition) is 1. The van der Waals surface area contributed by atoms with E-state index in [1.165, 1.54) is 61.9 Å². The van der Waals surface area contributed by atoms with Gasteiger partial charge in [-0.05, 0) is 55.7 Å². The van der Waals surface area contributed by atoms with E-state index in [0.717, 1.165) is 12.0 Å². The predicted molar refractivity (Wildman–Crippen MR) is 83.1 cm³/mol. The van der Waals surface area contributed by atoms with Crippen molar-refractivity contribution in [2.45, 2.75) is 57.4 Å². The molecule has 0 radical (unpaired) electrons. The molecule has 1 nitrogen and oxygen atoms in total. The first kappa shape index (κ1) is 13.3. The number of piperidine rings is 1. The first-order chi connectivity index (χ1) is 9.29. The third kappa shape index (κ3) is 2.63. The molecule has 0 bridgehead atoms. The van der Waals surface area contributed by atoms with Crippen LogP contribution >= 0.6 is 11.6 Å². The Kier molecular flexibility index (Phi) is 4.02. The fourth-order valence-electron chi connectivity index (χ4n) is 4.05. The first-order valence-corrected chi connectivity index (χ1v) is 8.25. The van der Waals surface area contributed by atoms with Gasteiger partial charge in [0.15, 0.2) is 0 Å². The number of fused-ring (bicyclic) bond motifs is 1. The summed E-state index contributed by atoms with van der Waals surface area (Å²) in [5.41, 5.74) is 4.08. The summed E-state index contributed by atoms with van der Waals surface area (Å²) in [4.78, 5) is 2.70. The highest BCUT2D eigenvalue weighted by molar-refractivity contribution is 6.17. The monoisotopic (exact) mass is 277 g/mol. The zero-order chi connectivity index (χ0) is 13.2. The summed E-state index contributed by atoms with van der Waals surface area (Å²) in [6.07, 6.45) is 8.49.